The number of aromatic nitrogens is 2. The fourth-order valence-electron chi connectivity index (χ4n) is 5.13. The van der Waals surface area contributed by atoms with Crippen molar-refractivity contribution >= 4 is 23.9 Å². The predicted octanol–water partition coefficient (Wildman–Crippen LogP) is 5.02. The normalized spacial score (nSPS) is 16.9. The fourth-order valence-corrected chi connectivity index (χ4v) is 5.13. The average Bonchev–Trinajstić information content (AvgIpc) is 3.69. The molecule has 13 nitrogen and oxygen atoms in total. The lowest BCUT2D eigenvalue weighted by Crippen LogP contribution is -2.49. The molecule has 3 amide bonds. The summed E-state index contributed by atoms with van der Waals surface area (Å²) in [5, 5.41) is 13.2. The molecule has 3 atom stereocenters. The molecule has 1 aromatic carbocycles. The Hall–Kier alpha value is -4.68. The Bertz CT molecular complexity index is 1500. The molecule has 3 aromatic rings. The van der Waals surface area contributed by atoms with Crippen molar-refractivity contribution in [3.8, 4) is 11.5 Å². The van der Waals surface area contributed by atoms with Crippen molar-refractivity contribution in [1.29, 1.82) is 0 Å². The lowest BCUT2D eigenvalue weighted by Gasteiger charge is -2.26. The number of alkyl carbamates (subject to hydrolysis) is 1. The SMILES string of the molecule is CCCC[C@H](NC(=O)O[C@@H]1CN(C(=O)OCc2c(C)noc2-c2cc(C)on2)CC1(C)C)C(=O)C(=O)N[C@H](C)c1ccccc1. The van der Waals surface area contributed by atoms with E-state index in [4.69, 9.17) is 18.5 Å². The van der Waals surface area contributed by atoms with E-state index in [0.717, 1.165) is 12.0 Å². The molecule has 1 aliphatic rings. The second-order valence-corrected chi connectivity index (χ2v) is 12.0. The lowest BCUT2D eigenvalue weighted by molar-refractivity contribution is -0.139. The number of unbranched alkanes of at least 4 members (excludes halogenated alkanes) is 1. The minimum atomic E-state index is -1.06. The van der Waals surface area contributed by atoms with Crippen LogP contribution in [0.4, 0.5) is 9.59 Å². The van der Waals surface area contributed by atoms with Gasteiger partial charge in [0.2, 0.25) is 5.78 Å². The third-order valence-electron chi connectivity index (χ3n) is 7.87. The molecule has 2 aromatic heterocycles. The van der Waals surface area contributed by atoms with Gasteiger partial charge in [-0.2, -0.15) is 0 Å². The maximum atomic E-state index is 13.1. The number of Topliss-reactive ketones (excluding diaryl/α,β-unsaturated/α-hetero) is 1. The predicted molar refractivity (Wildman–Crippen MR) is 162 cm³/mol. The van der Waals surface area contributed by atoms with Gasteiger partial charge in [-0.05, 0) is 32.8 Å². The van der Waals surface area contributed by atoms with E-state index in [-0.39, 0.29) is 26.1 Å². The first kappa shape index (κ1) is 33.2. The summed E-state index contributed by atoms with van der Waals surface area (Å²) < 4.78 is 21.8. The van der Waals surface area contributed by atoms with E-state index in [1.807, 2.05) is 51.1 Å². The van der Waals surface area contributed by atoms with E-state index < -0.39 is 47.5 Å². The topological polar surface area (TPSA) is 166 Å². The second-order valence-electron chi connectivity index (χ2n) is 12.0. The molecule has 45 heavy (non-hydrogen) atoms. The minimum absolute atomic E-state index is 0.0832. The third-order valence-corrected chi connectivity index (χ3v) is 7.87. The molecule has 0 unspecified atom stereocenters. The number of amides is 3. The molecule has 1 aliphatic heterocycles. The molecule has 3 heterocycles. The molecule has 4 rings (SSSR count). The van der Waals surface area contributed by atoms with Gasteiger partial charge < -0.3 is 34.1 Å². The van der Waals surface area contributed by atoms with Gasteiger partial charge in [0.25, 0.3) is 5.91 Å². The highest BCUT2D eigenvalue weighted by atomic mass is 16.6. The Morgan fingerprint density at radius 1 is 1.09 bits per heavy atom. The van der Waals surface area contributed by atoms with Gasteiger partial charge >= 0.3 is 12.2 Å². The number of carbonyl (C=O) groups is 4. The standard InChI is InChI=1S/C32H41N5O8/c1-7-8-14-24(27(38)29(39)33-20(3)22-12-10-9-11-13-22)34-30(40)43-26-16-37(18-32(26,5)6)31(41)42-17-23-21(4)35-45-28(23)25-15-19(2)44-36-25/h9-13,15,20,24,26H,7-8,14,16-18H2,1-6H3,(H,33,39)(H,34,40)/t20-,24+,26-/m1/s1. The molecule has 0 aliphatic carbocycles. The summed E-state index contributed by atoms with van der Waals surface area (Å²) in [4.78, 5) is 53.4. The molecule has 0 radical (unpaired) electrons. The van der Waals surface area contributed by atoms with Crippen molar-refractivity contribution in [2.75, 3.05) is 13.1 Å². The number of nitrogens with zero attached hydrogens (tertiary/aromatic N) is 3. The summed E-state index contributed by atoms with van der Waals surface area (Å²) in [6.07, 6.45) is -0.459. The average molecular weight is 624 g/mol. The van der Waals surface area contributed by atoms with E-state index in [0.29, 0.717) is 34.9 Å². The van der Waals surface area contributed by atoms with Crippen molar-refractivity contribution in [2.45, 2.75) is 85.6 Å². The monoisotopic (exact) mass is 623 g/mol. The van der Waals surface area contributed by atoms with Gasteiger partial charge in [-0.3, -0.25) is 9.59 Å². The van der Waals surface area contributed by atoms with E-state index in [9.17, 15) is 19.2 Å². The van der Waals surface area contributed by atoms with Crippen molar-refractivity contribution in [1.82, 2.24) is 25.8 Å². The number of aryl methyl sites for hydroxylation is 2. The molecule has 0 saturated carbocycles. The third kappa shape index (κ3) is 8.28. The highest BCUT2D eigenvalue weighted by Crippen LogP contribution is 2.33. The van der Waals surface area contributed by atoms with Crippen LogP contribution in [0.2, 0.25) is 0 Å². The van der Waals surface area contributed by atoms with Crippen LogP contribution in [0.5, 0.6) is 0 Å². The number of hydrogen-bond acceptors (Lipinski definition) is 10. The zero-order valence-corrected chi connectivity index (χ0v) is 26.5. The van der Waals surface area contributed by atoms with Crippen molar-refractivity contribution < 1.29 is 37.7 Å². The van der Waals surface area contributed by atoms with Crippen LogP contribution in [0.1, 0.15) is 75.6 Å². The number of nitrogens with one attached hydrogen (secondary N) is 2. The fraction of sp³-hybridized carbons (Fsp3) is 0.500. The summed E-state index contributed by atoms with van der Waals surface area (Å²) in [6.45, 7) is 11.2. The molecule has 0 spiro atoms. The van der Waals surface area contributed by atoms with Gasteiger partial charge in [0.05, 0.1) is 23.8 Å². The number of benzene rings is 1. The first-order valence-electron chi connectivity index (χ1n) is 15.1. The first-order chi connectivity index (χ1) is 21.4. The van der Waals surface area contributed by atoms with E-state index in [1.165, 1.54) is 4.90 Å². The quantitative estimate of drug-likeness (QED) is 0.261. The molecule has 13 heteroatoms. The smallest absolute Gasteiger partial charge is 0.410 e. The van der Waals surface area contributed by atoms with Crippen molar-refractivity contribution in [3.63, 3.8) is 0 Å². The number of rotatable bonds is 12. The Morgan fingerprint density at radius 2 is 1.82 bits per heavy atom. The van der Waals surface area contributed by atoms with Crippen LogP contribution in [0.15, 0.2) is 45.4 Å². The van der Waals surface area contributed by atoms with Crippen LogP contribution in [0.25, 0.3) is 11.5 Å². The molecule has 242 valence electrons. The molecule has 1 saturated heterocycles. The van der Waals surface area contributed by atoms with Crippen LogP contribution in [0, 0.1) is 19.3 Å². The lowest BCUT2D eigenvalue weighted by atomic mass is 9.90. The highest BCUT2D eigenvalue weighted by Gasteiger charge is 2.45. The van der Waals surface area contributed by atoms with Gasteiger partial charge in [-0.1, -0.05) is 74.3 Å². The first-order valence-corrected chi connectivity index (χ1v) is 15.1. The number of likely N-dealkylation sites (tertiary alicyclic amines) is 1. The molecule has 1 fully saturated rings. The van der Waals surface area contributed by atoms with Crippen molar-refractivity contribution in [2.24, 2.45) is 5.41 Å². The molecule has 0 bridgehead atoms. The van der Waals surface area contributed by atoms with Crippen LogP contribution in [0.3, 0.4) is 0 Å². The summed E-state index contributed by atoms with van der Waals surface area (Å²) in [5.74, 6) is -0.582. The van der Waals surface area contributed by atoms with E-state index in [1.54, 1.807) is 26.8 Å². The van der Waals surface area contributed by atoms with Crippen LogP contribution in [-0.4, -0.2) is 64.3 Å². The molecular formula is C32H41N5O8. The van der Waals surface area contributed by atoms with Gasteiger partial charge in [0, 0.05) is 18.0 Å². The number of ether oxygens (including phenoxy) is 2. The zero-order chi connectivity index (χ0) is 32.7. The largest absolute Gasteiger partial charge is 0.444 e. The maximum Gasteiger partial charge on any atom is 0.410 e. The number of ketones is 1. The molecule has 2 N–H and O–H groups in total. The van der Waals surface area contributed by atoms with E-state index >= 15 is 0 Å². The van der Waals surface area contributed by atoms with Gasteiger partial charge in [0.1, 0.15) is 24.5 Å². The summed E-state index contributed by atoms with van der Waals surface area (Å²) in [5.41, 5.74) is 1.79. The number of carbonyl (C=O) groups excluding carboxylic acids is 4. The summed E-state index contributed by atoms with van der Waals surface area (Å²) >= 11 is 0. The Morgan fingerprint density at radius 3 is 2.49 bits per heavy atom. The zero-order valence-electron chi connectivity index (χ0n) is 26.5. The van der Waals surface area contributed by atoms with Gasteiger partial charge in [-0.25, -0.2) is 9.59 Å². The molecular weight excluding hydrogens is 582 g/mol. The minimum Gasteiger partial charge on any atom is -0.444 e. The maximum absolute atomic E-state index is 13.1. The Kier molecular flexibility index (Phi) is 10.6. The van der Waals surface area contributed by atoms with Crippen LogP contribution >= 0.6 is 0 Å². The Labute approximate surface area is 262 Å². The van der Waals surface area contributed by atoms with Crippen molar-refractivity contribution in [3.05, 3.63) is 59.0 Å². The Balaban J connectivity index is 1.33. The van der Waals surface area contributed by atoms with Crippen LogP contribution < -0.4 is 10.6 Å². The van der Waals surface area contributed by atoms with Gasteiger partial charge in [0.15, 0.2) is 11.5 Å². The summed E-state index contributed by atoms with van der Waals surface area (Å²) in [7, 11) is 0. The summed E-state index contributed by atoms with van der Waals surface area (Å²) in [6, 6.07) is 9.52. The highest BCUT2D eigenvalue weighted by molar-refractivity contribution is 6.38. The van der Waals surface area contributed by atoms with Gasteiger partial charge in [-0.15, -0.1) is 0 Å². The van der Waals surface area contributed by atoms with E-state index in [2.05, 4.69) is 20.9 Å². The second kappa shape index (κ2) is 14.4. The van der Waals surface area contributed by atoms with Crippen LogP contribution in [-0.2, 0) is 25.7 Å². The number of hydrogen-bond donors (Lipinski definition) is 2.